The molecule has 0 bridgehead atoms. The molecular formula is C15H24O5. The minimum absolute atomic E-state index is 0.0822. The second-order valence-electron chi connectivity index (χ2n) is 4.76. The van der Waals surface area contributed by atoms with Crippen LogP contribution in [0.5, 0.6) is 5.75 Å². The van der Waals surface area contributed by atoms with Crippen molar-refractivity contribution in [3.05, 3.63) is 29.8 Å². The monoisotopic (exact) mass is 284 g/mol. The van der Waals surface area contributed by atoms with Crippen LogP contribution in [0.1, 0.15) is 19.4 Å². The molecule has 5 nitrogen and oxygen atoms in total. The van der Waals surface area contributed by atoms with Crippen LogP contribution in [0.25, 0.3) is 0 Å². The average Bonchev–Trinajstić information content (AvgIpc) is 2.45. The van der Waals surface area contributed by atoms with Crippen molar-refractivity contribution in [1.29, 1.82) is 0 Å². The summed E-state index contributed by atoms with van der Waals surface area (Å²) in [5, 5.41) is 17.8. The molecule has 2 N–H and O–H groups in total. The topological polar surface area (TPSA) is 68.2 Å². The Morgan fingerprint density at radius 2 is 1.80 bits per heavy atom. The largest absolute Gasteiger partial charge is 0.491 e. The van der Waals surface area contributed by atoms with Gasteiger partial charge in [-0.25, -0.2) is 0 Å². The summed E-state index contributed by atoms with van der Waals surface area (Å²) in [5.41, 5.74) is 1.05. The maximum absolute atomic E-state index is 9.17. The number of rotatable bonds is 10. The Kier molecular flexibility index (Phi) is 8.22. The van der Waals surface area contributed by atoms with Crippen molar-refractivity contribution in [1.82, 2.24) is 0 Å². The van der Waals surface area contributed by atoms with Crippen LogP contribution in [-0.4, -0.2) is 48.8 Å². The fourth-order valence-electron chi connectivity index (χ4n) is 1.46. The van der Waals surface area contributed by atoms with E-state index in [9.17, 15) is 5.11 Å². The first kappa shape index (κ1) is 16.9. The molecule has 0 spiro atoms. The normalized spacial score (nSPS) is 12.7. The zero-order valence-electron chi connectivity index (χ0n) is 12.1. The van der Waals surface area contributed by atoms with Gasteiger partial charge in [-0.05, 0) is 31.5 Å². The van der Waals surface area contributed by atoms with Gasteiger partial charge in [0.15, 0.2) is 0 Å². The van der Waals surface area contributed by atoms with E-state index in [0.717, 1.165) is 5.56 Å². The third-order valence-corrected chi connectivity index (χ3v) is 2.52. The first-order valence-corrected chi connectivity index (χ1v) is 6.82. The van der Waals surface area contributed by atoms with Crippen molar-refractivity contribution in [2.45, 2.75) is 32.7 Å². The molecule has 5 heteroatoms. The van der Waals surface area contributed by atoms with E-state index >= 15 is 0 Å². The van der Waals surface area contributed by atoms with E-state index in [-0.39, 0.29) is 19.3 Å². The first-order chi connectivity index (χ1) is 9.61. The van der Waals surface area contributed by atoms with E-state index in [2.05, 4.69) is 0 Å². The highest BCUT2D eigenvalue weighted by Crippen LogP contribution is 2.13. The van der Waals surface area contributed by atoms with Crippen molar-refractivity contribution in [3.8, 4) is 5.75 Å². The van der Waals surface area contributed by atoms with Crippen molar-refractivity contribution in [3.63, 3.8) is 0 Å². The Bertz CT molecular complexity index is 350. The van der Waals surface area contributed by atoms with Gasteiger partial charge in [-0.15, -0.1) is 0 Å². The van der Waals surface area contributed by atoms with E-state index in [1.807, 2.05) is 38.1 Å². The fourth-order valence-corrected chi connectivity index (χ4v) is 1.46. The molecule has 1 atom stereocenters. The Hall–Kier alpha value is -1.14. The molecule has 0 unspecified atom stereocenters. The van der Waals surface area contributed by atoms with Crippen molar-refractivity contribution in [2.24, 2.45) is 0 Å². The summed E-state index contributed by atoms with van der Waals surface area (Å²) in [6.07, 6.45) is -0.622. The summed E-state index contributed by atoms with van der Waals surface area (Å²) < 4.78 is 16.2. The SMILES string of the molecule is CC(C)OCCOCc1ccc(OC[C@@H](O)CO)cc1. The molecule has 0 heterocycles. The zero-order chi connectivity index (χ0) is 14.8. The van der Waals surface area contributed by atoms with Gasteiger partial charge >= 0.3 is 0 Å². The molecular weight excluding hydrogens is 260 g/mol. The van der Waals surface area contributed by atoms with Crippen LogP contribution in [0.4, 0.5) is 0 Å². The van der Waals surface area contributed by atoms with Crippen LogP contribution in [0, 0.1) is 0 Å². The Labute approximate surface area is 120 Å². The van der Waals surface area contributed by atoms with Gasteiger partial charge in [0.05, 0.1) is 32.5 Å². The second-order valence-corrected chi connectivity index (χ2v) is 4.76. The summed E-state index contributed by atoms with van der Waals surface area (Å²) in [6.45, 7) is 5.46. The molecule has 114 valence electrons. The molecule has 0 saturated carbocycles. The third kappa shape index (κ3) is 7.45. The quantitative estimate of drug-likeness (QED) is 0.635. The van der Waals surface area contributed by atoms with E-state index < -0.39 is 6.10 Å². The molecule has 20 heavy (non-hydrogen) atoms. The van der Waals surface area contributed by atoms with Crippen molar-refractivity contribution in [2.75, 3.05) is 26.4 Å². The minimum Gasteiger partial charge on any atom is -0.491 e. The number of benzene rings is 1. The molecule has 0 radical (unpaired) electrons. The van der Waals surface area contributed by atoms with Gasteiger partial charge in [0.2, 0.25) is 0 Å². The Morgan fingerprint density at radius 3 is 2.40 bits per heavy atom. The van der Waals surface area contributed by atoms with Gasteiger partial charge in [0.25, 0.3) is 0 Å². The highest BCUT2D eigenvalue weighted by atomic mass is 16.5. The first-order valence-electron chi connectivity index (χ1n) is 6.82. The van der Waals surface area contributed by atoms with E-state index in [1.54, 1.807) is 0 Å². The minimum atomic E-state index is -0.848. The maximum Gasteiger partial charge on any atom is 0.119 e. The van der Waals surface area contributed by atoms with Crippen LogP contribution in [0.2, 0.25) is 0 Å². The predicted molar refractivity (Wildman–Crippen MR) is 75.8 cm³/mol. The van der Waals surface area contributed by atoms with Gasteiger partial charge in [0.1, 0.15) is 18.5 Å². The van der Waals surface area contributed by atoms with Gasteiger partial charge in [-0.3, -0.25) is 0 Å². The molecule has 0 fully saturated rings. The second kappa shape index (κ2) is 9.72. The van der Waals surface area contributed by atoms with Crippen molar-refractivity contribution < 1.29 is 24.4 Å². The van der Waals surface area contributed by atoms with Crippen molar-refractivity contribution >= 4 is 0 Å². The maximum atomic E-state index is 9.17. The zero-order valence-corrected chi connectivity index (χ0v) is 12.1. The lowest BCUT2D eigenvalue weighted by Crippen LogP contribution is -2.21. The van der Waals surface area contributed by atoms with E-state index in [4.69, 9.17) is 19.3 Å². The predicted octanol–water partition coefficient (Wildman–Crippen LogP) is 1.36. The van der Waals surface area contributed by atoms with Crippen LogP contribution >= 0.6 is 0 Å². The summed E-state index contributed by atoms with van der Waals surface area (Å²) in [7, 11) is 0. The smallest absolute Gasteiger partial charge is 0.119 e. The van der Waals surface area contributed by atoms with E-state index in [0.29, 0.717) is 25.6 Å². The standard InChI is InChI=1S/C15H24O5/c1-12(2)19-8-7-18-10-13-3-5-15(6-4-13)20-11-14(17)9-16/h3-6,12,14,16-17H,7-11H2,1-2H3/t14-/m0/s1. The molecule has 0 aromatic heterocycles. The molecule has 0 aliphatic rings. The Morgan fingerprint density at radius 1 is 1.10 bits per heavy atom. The number of aliphatic hydroxyl groups excluding tert-OH is 2. The average molecular weight is 284 g/mol. The van der Waals surface area contributed by atoms with E-state index in [1.165, 1.54) is 0 Å². The van der Waals surface area contributed by atoms with Gasteiger partial charge < -0.3 is 24.4 Å². The molecule has 1 rings (SSSR count). The highest BCUT2D eigenvalue weighted by Gasteiger charge is 2.03. The number of aliphatic hydroxyl groups is 2. The summed E-state index contributed by atoms with van der Waals surface area (Å²) in [5.74, 6) is 0.657. The highest BCUT2D eigenvalue weighted by molar-refractivity contribution is 5.26. The lowest BCUT2D eigenvalue weighted by Gasteiger charge is -2.11. The third-order valence-electron chi connectivity index (χ3n) is 2.52. The van der Waals surface area contributed by atoms with Gasteiger partial charge in [-0.2, -0.15) is 0 Å². The molecule has 1 aromatic carbocycles. The molecule has 0 aliphatic heterocycles. The van der Waals surface area contributed by atoms with Crippen LogP contribution in [0.3, 0.4) is 0 Å². The molecule has 0 saturated heterocycles. The van der Waals surface area contributed by atoms with Crippen LogP contribution in [0.15, 0.2) is 24.3 Å². The number of ether oxygens (including phenoxy) is 3. The fraction of sp³-hybridized carbons (Fsp3) is 0.600. The van der Waals surface area contributed by atoms with Crippen LogP contribution in [-0.2, 0) is 16.1 Å². The lowest BCUT2D eigenvalue weighted by atomic mass is 10.2. The molecule has 1 aromatic rings. The van der Waals surface area contributed by atoms with Crippen LogP contribution < -0.4 is 4.74 Å². The molecule has 0 amide bonds. The molecule has 0 aliphatic carbocycles. The summed E-state index contributed by atoms with van der Waals surface area (Å²) >= 11 is 0. The lowest BCUT2D eigenvalue weighted by molar-refractivity contribution is 0.0143. The number of hydrogen-bond donors (Lipinski definition) is 2. The summed E-state index contributed by atoms with van der Waals surface area (Å²) in [4.78, 5) is 0. The summed E-state index contributed by atoms with van der Waals surface area (Å²) in [6, 6.07) is 7.44. The van der Waals surface area contributed by atoms with Gasteiger partial charge in [-0.1, -0.05) is 12.1 Å². The number of hydrogen-bond acceptors (Lipinski definition) is 5. The van der Waals surface area contributed by atoms with Gasteiger partial charge in [0, 0.05) is 0 Å². The Balaban J connectivity index is 2.21.